The van der Waals surface area contributed by atoms with Crippen molar-refractivity contribution in [1.29, 1.82) is 0 Å². The second-order valence-electron chi connectivity index (χ2n) is 28.2. The van der Waals surface area contributed by atoms with Gasteiger partial charge >= 0.3 is 0 Å². The van der Waals surface area contributed by atoms with Crippen molar-refractivity contribution >= 4 is 5.91 Å². The Labute approximate surface area is 553 Å². The molecule has 2 rings (SSSR count). The average Bonchev–Trinajstić information content (AvgIpc) is 1.41. The molecule has 2 aliphatic heterocycles. The lowest BCUT2D eigenvalue weighted by Crippen LogP contribution is -2.65. The summed E-state index contributed by atoms with van der Waals surface area (Å²) < 4.78 is 23.0. The first kappa shape index (κ1) is 85.1. The molecule has 536 valence electrons. The van der Waals surface area contributed by atoms with Crippen LogP contribution in [0.5, 0.6) is 0 Å². The van der Waals surface area contributed by atoms with Crippen LogP contribution in [0, 0.1) is 0 Å². The minimum atomic E-state index is -1.78. The van der Waals surface area contributed by atoms with Gasteiger partial charge in [0, 0.05) is 6.42 Å². The van der Waals surface area contributed by atoms with E-state index in [1.54, 1.807) is 0 Å². The van der Waals surface area contributed by atoms with Crippen LogP contribution in [0.1, 0.15) is 386 Å². The van der Waals surface area contributed by atoms with Crippen LogP contribution >= 0.6 is 0 Å². The van der Waals surface area contributed by atoms with Gasteiger partial charge in [0.1, 0.15) is 48.8 Å². The van der Waals surface area contributed by atoms with E-state index in [4.69, 9.17) is 18.9 Å². The molecule has 12 unspecified atom stereocenters. The van der Waals surface area contributed by atoms with Gasteiger partial charge in [0.25, 0.3) is 0 Å². The van der Waals surface area contributed by atoms with Crippen LogP contribution in [0.2, 0.25) is 0 Å². The number of ether oxygens (including phenoxy) is 4. The molecular weight excluding hydrogens is 1130 g/mol. The summed E-state index contributed by atoms with van der Waals surface area (Å²) in [6.45, 7) is 2.94. The summed E-state index contributed by atoms with van der Waals surface area (Å²) in [7, 11) is 0. The first-order valence-corrected chi connectivity index (χ1v) is 39.3. The van der Waals surface area contributed by atoms with Crippen molar-refractivity contribution in [2.24, 2.45) is 0 Å². The van der Waals surface area contributed by atoms with Crippen LogP contribution in [-0.4, -0.2) is 140 Å². The lowest BCUT2D eigenvalue weighted by Gasteiger charge is -2.46. The van der Waals surface area contributed by atoms with Crippen molar-refractivity contribution in [1.82, 2.24) is 5.32 Å². The average molecular weight is 1290 g/mol. The van der Waals surface area contributed by atoms with E-state index in [9.17, 15) is 45.6 Å². The molecule has 2 saturated heterocycles. The summed E-state index contributed by atoms with van der Waals surface area (Å²) in [5, 5.41) is 87.8. The fourth-order valence-corrected chi connectivity index (χ4v) is 13.6. The fraction of sp³-hybridized carbons (Fsp3) is 0.987. The molecule has 0 radical (unpaired) electrons. The lowest BCUT2D eigenvalue weighted by atomic mass is 9.97. The molecule has 2 fully saturated rings. The SMILES string of the molecule is CCCCCCCCCCCCCCCCCCCCCCCCCCCCCCCCCCCC(=O)NC(COC1OC(CO)C(OC2OC(CO)C(O)C(O)C2O)C(O)C1O)C(O)CCCCCCCCCCCCCCCCCCCCCCCCC. The van der Waals surface area contributed by atoms with Crippen LogP contribution in [0.15, 0.2) is 0 Å². The Morgan fingerprint density at radius 2 is 0.633 bits per heavy atom. The zero-order valence-corrected chi connectivity index (χ0v) is 58.7. The van der Waals surface area contributed by atoms with Crippen molar-refractivity contribution in [2.45, 2.75) is 460 Å². The predicted octanol–water partition coefficient (Wildman–Crippen LogP) is 17.1. The molecule has 0 spiro atoms. The van der Waals surface area contributed by atoms with E-state index in [1.165, 1.54) is 308 Å². The summed E-state index contributed by atoms with van der Waals surface area (Å²) in [4.78, 5) is 13.4. The molecule has 0 aromatic rings. The number of hydrogen-bond acceptors (Lipinski definition) is 13. The van der Waals surface area contributed by atoms with E-state index in [1.807, 2.05) is 0 Å². The van der Waals surface area contributed by atoms with Gasteiger partial charge in [-0.1, -0.05) is 367 Å². The monoisotopic (exact) mass is 1280 g/mol. The highest BCUT2D eigenvalue weighted by molar-refractivity contribution is 5.76. The molecule has 1 amide bonds. The smallest absolute Gasteiger partial charge is 0.220 e. The van der Waals surface area contributed by atoms with Crippen molar-refractivity contribution in [3.8, 4) is 0 Å². The third-order valence-electron chi connectivity index (χ3n) is 19.8. The van der Waals surface area contributed by atoms with Crippen molar-refractivity contribution < 1.29 is 64.6 Å². The van der Waals surface area contributed by atoms with Gasteiger partial charge in [0.2, 0.25) is 5.91 Å². The van der Waals surface area contributed by atoms with Gasteiger partial charge in [0.15, 0.2) is 12.6 Å². The molecule has 2 heterocycles. The highest BCUT2D eigenvalue weighted by Crippen LogP contribution is 2.30. The second kappa shape index (κ2) is 61.6. The molecule has 0 aromatic carbocycles. The Morgan fingerprint density at radius 1 is 0.356 bits per heavy atom. The van der Waals surface area contributed by atoms with Crippen LogP contribution in [0.4, 0.5) is 0 Å². The number of aliphatic hydroxyl groups is 8. The maximum Gasteiger partial charge on any atom is 0.220 e. The van der Waals surface area contributed by atoms with Crippen molar-refractivity contribution in [2.75, 3.05) is 19.8 Å². The number of carbonyl (C=O) groups is 1. The summed E-state index contributed by atoms with van der Waals surface area (Å²) in [5.74, 6) is -0.195. The van der Waals surface area contributed by atoms with Crippen LogP contribution in [0.3, 0.4) is 0 Å². The maximum atomic E-state index is 13.4. The molecular formula is C76H149NO13. The summed E-state index contributed by atoms with van der Waals surface area (Å²) in [5.41, 5.74) is 0. The molecule has 0 aliphatic carbocycles. The largest absolute Gasteiger partial charge is 0.394 e. The lowest BCUT2D eigenvalue weighted by molar-refractivity contribution is -0.359. The number of hydrogen-bond donors (Lipinski definition) is 9. The minimum Gasteiger partial charge on any atom is -0.394 e. The van der Waals surface area contributed by atoms with E-state index in [0.717, 1.165) is 51.4 Å². The Hall–Kier alpha value is -1.01. The van der Waals surface area contributed by atoms with E-state index in [0.29, 0.717) is 12.8 Å². The van der Waals surface area contributed by atoms with Gasteiger partial charge in [-0.15, -0.1) is 0 Å². The molecule has 90 heavy (non-hydrogen) atoms. The minimum absolute atomic E-state index is 0.195. The zero-order valence-electron chi connectivity index (χ0n) is 58.7. The van der Waals surface area contributed by atoms with Gasteiger partial charge in [-0.2, -0.15) is 0 Å². The van der Waals surface area contributed by atoms with E-state index in [-0.39, 0.29) is 12.5 Å². The summed E-state index contributed by atoms with van der Waals surface area (Å²) >= 11 is 0. The van der Waals surface area contributed by atoms with Crippen molar-refractivity contribution in [3.05, 3.63) is 0 Å². The standard InChI is InChI=1S/C76H149NO13/c1-3-5-7-9-11-13-15-17-19-21-23-25-27-28-29-30-31-32-33-34-35-36-38-40-42-44-46-48-50-52-54-56-58-60-68(81)77-64(63-87-75-73(86)71(84)74(67(62-79)89-75)90-76-72(85)70(83)69(82)66(61-78)88-76)65(80)59-57-55-53-51-49-47-45-43-41-39-37-26-24-22-20-18-16-14-12-10-8-6-4-2/h64-67,69-76,78-80,82-86H,3-63H2,1-2H3,(H,77,81). The van der Waals surface area contributed by atoms with Crippen molar-refractivity contribution in [3.63, 3.8) is 0 Å². The predicted molar refractivity (Wildman–Crippen MR) is 369 cm³/mol. The third kappa shape index (κ3) is 44.7. The Balaban J connectivity index is 1.60. The van der Waals surface area contributed by atoms with Crippen LogP contribution < -0.4 is 5.32 Å². The molecule has 14 nitrogen and oxygen atoms in total. The molecule has 0 bridgehead atoms. The first-order chi connectivity index (χ1) is 44.1. The molecule has 0 saturated carbocycles. The zero-order chi connectivity index (χ0) is 65.2. The summed E-state index contributed by atoms with van der Waals surface area (Å²) in [6, 6.07) is -0.825. The van der Waals surface area contributed by atoms with Gasteiger partial charge < -0.3 is 65.1 Å². The fourth-order valence-electron chi connectivity index (χ4n) is 13.6. The van der Waals surface area contributed by atoms with E-state index in [2.05, 4.69) is 19.2 Å². The van der Waals surface area contributed by atoms with Crippen LogP contribution in [0.25, 0.3) is 0 Å². The highest BCUT2D eigenvalue weighted by Gasteiger charge is 2.51. The topological polar surface area (TPSA) is 228 Å². The highest BCUT2D eigenvalue weighted by atomic mass is 16.7. The van der Waals surface area contributed by atoms with E-state index < -0.39 is 86.8 Å². The summed E-state index contributed by atoms with van der Waals surface area (Å²) in [6.07, 6.45) is 58.6. The Bertz CT molecular complexity index is 1510. The normalized spacial score (nSPS) is 22.8. The Morgan fingerprint density at radius 3 is 0.944 bits per heavy atom. The number of unbranched alkanes of at least 4 members (excludes halogenated alkanes) is 54. The maximum absolute atomic E-state index is 13.4. The Kier molecular flexibility index (Phi) is 58.2. The van der Waals surface area contributed by atoms with Gasteiger partial charge in [-0.05, 0) is 12.8 Å². The number of aliphatic hydroxyl groups excluding tert-OH is 8. The molecule has 0 aromatic heterocycles. The van der Waals surface area contributed by atoms with Gasteiger partial charge in [-0.3, -0.25) is 4.79 Å². The van der Waals surface area contributed by atoms with Gasteiger partial charge in [-0.25, -0.2) is 0 Å². The number of amides is 1. The van der Waals surface area contributed by atoms with Crippen LogP contribution in [-0.2, 0) is 23.7 Å². The van der Waals surface area contributed by atoms with Gasteiger partial charge in [0.05, 0.1) is 32.0 Å². The number of nitrogens with one attached hydrogen (secondary N) is 1. The second-order valence-corrected chi connectivity index (χ2v) is 28.2. The number of rotatable bonds is 67. The molecule has 12 atom stereocenters. The van der Waals surface area contributed by atoms with E-state index >= 15 is 0 Å². The molecule has 2 aliphatic rings. The number of carbonyl (C=O) groups excluding carboxylic acids is 1. The first-order valence-electron chi connectivity index (χ1n) is 39.3. The quantitative estimate of drug-likeness (QED) is 0.0259. The third-order valence-corrected chi connectivity index (χ3v) is 19.8. The molecule has 9 N–H and O–H groups in total. The molecule has 14 heteroatoms.